The molecule has 2 nitrogen and oxygen atoms in total. The molecule has 0 amide bonds. The number of nitrogens with zero attached hydrogens (tertiary/aromatic N) is 1. The molecule has 1 aliphatic rings. The van der Waals surface area contributed by atoms with Crippen LogP contribution in [-0.2, 0) is 6.54 Å². The molecule has 1 aromatic carbocycles. The molecule has 2 rings (SSSR count). The lowest BCUT2D eigenvalue weighted by molar-refractivity contribution is 0.362. The quantitative estimate of drug-likeness (QED) is 0.913. The van der Waals surface area contributed by atoms with Gasteiger partial charge in [0.15, 0.2) is 0 Å². The second-order valence-electron chi connectivity index (χ2n) is 5.41. The van der Waals surface area contributed by atoms with Gasteiger partial charge in [-0.05, 0) is 42.5 Å². The first-order valence-electron chi connectivity index (χ1n) is 6.89. The smallest absolute Gasteiger partial charge is 0.0378 e. The summed E-state index contributed by atoms with van der Waals surface area (Å²) in [6.07, 6.45) is 7.02. The van der Waals surface area contributed by atoms with Gasteiger partial charge in [0.05, 0.1) is 0 Å². The summed E-state index contributed by atoms with van der Waals surface area (Å²) >= 11 is 3.57. The number of benzene rings is 1. The van der Waals surface area contributed by atoms with E-state index in [4.69, 9.17) is 5.73 Å². The van der Waals surface area contributed by atoms with Crippen LogP contribution in [0.25, 0.3) is 0 Å². The molecular formula is C15H23BrN2. The molecule has 1 fully saturated rings. The van der Waals surface area contributed by atoms with Gasteiger partial charge in [0.2, 0.25) is 0 Å². The van der Waals surface area contributed by atoms with E-state index in [0.29, 0.717) is 6.54 Å². The summed E-state index contributed by atoms with van der Waals surface area (Å²) < 4.78 is 1.12. The van der Waals surface area contributed by atoms with Gasteiger partial charge >= 0.3 is 0 Å². The van der Waals surface area contributed by atoms with Crippen LogP contribution in [-0.4, -0.2) is 13.6 Å². The van der Waals surface area contributed by atoms with Crippen LogP contribution in [0.3, 0.4) is 0 Å². The van der Waals surface area contributed by atoms with E-state index < -0.39 is 0 Å². The first kappa shape index (κ1) is 13.9. The van der Waals surface area contributed by atoms with Crippen LogP contribution < -0.4 is 10.6 Å². The Labute approximate surface area is 119 Å². The Morgan fingerprint density at radius 3 is 2.61 bits per heavy atom. The van der Waals surface area contributed by atoms with Crippen LogP contribution in [0.2, 0.25) is 0 Å². The second kappa shape index (κ2) is 6.58. The van der Waals surface area contributed by atoms with E-state index in [0.717, 1.165) is 10.4 Å². The third-order valence-electron chi connectivity index (χ3n) is 3.88. The standard InChI is InChI=1S/C15H23BrN2/c1-18(11-12-5-3-2-4-6-12)15-8-13(10-17)7-14(16)9-15/h7-9,12H,2-6,10-11,17H2,1H3. The SMILES string of the molecule is CN(CC1CCCCC1)c1cc(Br)cc(CN)c1. The molecule has 0 spiro atoms. The van der Waals surface area contributed by atoms with Gasteiger partial charge in [-0.1, -0.05) is 35.2 Å². The van der Waals surface area contributed by atoms with Gasteiger partial charge in [-0.15, -0.1) is 0 Å². The fraction of sp³-hybridized carbons (Fsp3) is 0.600. The molecule has 0 aliphatic heterocycles. The average Bonchev–Trinajstić information content (AvgIpc) is 2.39. The van der Waals surface area contributed by atoms with Crippen LogP contribution in [0.4, 0.5) is 5.69 Å². The van der Waals surface area contributed by atoms with Gasteiger partial charge < -0.3 is 10.6 Å². The molecule has 1 saturated carbocycles. The van der Waals surface area contributed by atoms with Crippen LogP contribution >= 0.6 is 15.9 Å². The van der Waals surface area contributed by atoms with Gasteiger partial charge in [-0.2, -0.15) is 0 Å². The Kier molecular flexibility index (Phi) is 5.07. The fourth-order valence-electron chi connectivity index (χ4n) is 2.83. The van der Waals surface area contributed by atoms with Crippen molar-refractivity contribution in [3.63, 3.8) is 0 Å². The van der Waals surface area contributed by atoms with Gasteiger partial charge in [0.1, 0.15) is 0 Å². The summed E-state index contributed by atoms with van der Waals surface area (Å²) in [5.41, 5.74) is 8.20. The molecule has 3 heteroatoms. The van der Waals surface area contributed by atoms with Crippen molar-refractivity contribution in [2.45, 2.75) is 38.6 Å². The van der Waals surface area contributed by atoms with Crippen molar-refractivity contribution in [1.29, 1.82) is 0 Å². The Hall–Kier alpha value is -0.540. The normalized spacial score (nSPS) is 16.8. The molecule has 0 heterocycles. The molecule has 1 aromatic rings. The van der Waals surface area contributed by atoms with Crippen LogP contribution in [0.1, 0.15) is 37.7 Å². The number of rotatable bonds is 4. The molecule has 1 aliphatic carbocycles. The van der Waals surface area contributed by atoms with Crippen molar-refractivity contribution < 1.29 is 0 Å². The summed E-state index contributed by atoms with van der Waals surface area (Å²) in [7, 11) is 2.19. The zero-order valence-electron chi connectivity index (χ0n) is 11.2. The predicted octanol–water partition coefficient (Wildman–Crippen LogP) is 3.92. The Morgan fingerprint density at radius 2 is 1.94 bits per heavy atom. The number of anilines is 1. The summed E-state index contributed by atoms with van der Waals surface area (Å²) in [5, 5.41) is 0. The zero-order chi connectivity index (χ0) is 13.0. The lowest BCUT2D eigenvalue weighted by Crippen LogP contribution is -2.26. The monoisotopic (exact) mass is 310 g/mol. The minimum atomic E-state index is 0.601. The number of hydrogen-bond acceptors (Lipinski definition) is 2. The molecule has 0 radical (unpaired) electrons. The number of halogens is 1. The van der Waals surface area contributed by atoms with E-state index in [1.54, 1.807) is 0 Å². The predicted molar refractivity (Wildman–Crippen MR) is 81.9 cm³/mol. The van der Waals surface area contributed by atoms with Gasteiger partial charge in [-0.25, -0.2) is 0 Å². The largest absolute Gasteiger partial charge is 0.374 e. The first-order chi connectivity index (χ1) is 8.69. The third kappa shape index (κ3) is 3.72. The Balaban J connectivity index is 2.02. The van der Waals surface area contributed by atoms with Crippen molar-refractivity contribution in [1.82, 2.24) is 0 Å². The van der Waals surface area contributed by atoms with Crippen molar-refractivity contribution in [3.05, 3.63) is 28.2 Å². The van der Waals surface area contributed by atoms with E-state index in [2.05, 4.69) is 46.1 Å². The maximum atomic E-state index is 5.73. The van der Waals surface area contributed by atoms with Crippen molar-refractivity contribution in [2.75, 3.05) is 18.5 Å². The summed E-state index contributed by atoms with van der Waals surface area (Å²) in [5.74, 6) is 0.865. The Bertz CT molecular complexity index is 386. The first-order valence-corrected chi connectivity index (χ1v) is 7.69. The molecule has 0 bridgehead atoms. The highest BCUT2D eigenvalue weighted by Crippen LogP contribution is 2.27. The van der Waals surface area contributed by atoms with Crippen LogP contribution in [0.5, 0.6) is 0 Å². The van der Waals surface area contributed by atoms with E-state index >= 15 is 0 Å². The lowest BCUT2D eigenvalue weighted by atomic mass is 9.89. The second-order valence-corrected chi connectivity index (χ2v) is 6.32. The van der Waals surface area contributed by atoms with Gasteiger partial charge in [-0.3, -0.25) is 0 Å². The molecule has 0 atom stereocenters. The van der Waals surface area contributed by atoms with E-state index in [1.165, 1.54) is 49.9 Å². The highest BCUT2D eigenvalue weighted by atomic mass is 79.9. The maximum Gasteiger partial charge on any atom is 0.0378 e. The molecule has 100 valence electrons. The van der Waals surface area contributed by atoms with Crippen molar-refractivity contribution in [2.24, 2.45) is 11.7 Å². The molecular weight excluding hydrogens is 288 g/mol. The zero-order valence-corrected chi connectivity index (χ0v) is 12.7. The maximum absolute atomic E-state index is 5.73. The van der Waals surface area contributed by atoms with Crippen molar-refractivity contribution >= 4 is 21.6 Å². The molecule has 0 unspecified atom stereocenters. The van der Waals surface area contributed by atoms with E-state index in [9.17, 15) is 0 Å². The Morgan fingerprint density at radius 1 is 1.22 bits per heavy atom. The lowest BCUT2D eigenvalue weighted by Gasteiger charge is -2.28. The number of hydrogen-bond donors (Lipinski definition) is 1. The van der Waals surface area contributed by atoms with E-state index in [-0.39, 0.29) is 0 Å². The molecule has 0 aromatic heterocycles. The molecule has 0 saturated heterocycles. The summed E-state index contributed by atoms with van der Waals surface area (Å²) in [6.45, 7) is 1.77. The van der Waals surface area contributed by atoms with Crippen molar-refractivity contribution in [3.8, 4) is 0 Å². The van der Waals surface area contributed by atoms with E-state index in [1.807, 2.05) is 0 Å². The third-order valence-corrected chi connectivity index (χ3v) is 4.33. The molecule has 2 N–H and O–H groups in total. The average molecular weight is 311 g/mol. The molecule has 18 heavy (non-hydrogen) atoms. The summed E-state index contributed by atoms with van der Waals surface area (Å²) in [4.78, 5) is 2.37. The highest BCUT2D eigenvalue weighted by molar-refractivity contribution is 9.10. The summed E-state index contributed by atoms with van der Waals surface area (Å²) in [6, 6.07) is 6.48. The minimum absolute atomic E-state index is 0.601. The van der Waals surface area contributed by atoms with Gasteiger partial charge in [0, 0.05) is 30.3 Å². The fourth-order valence-corrected chi connectivity index (χ4v) is 3.36. The van der Waals surface area contributed by atoms with Crippen LogP contribution in [0.15, 0.2) is 22.7 Å². The van der Waals surface area contributed by atoms with Crippen LogP contribution in [0, 0.1) is 5.92 Å². The topological polar surface area (TPSA) is 29.3 Å². The van der Waals surface area contributed by atoms with Gasteiger partial charge in [0.25, 0.3) is 0 Å². The minimum Gasteiger partial charge on any atom is -0.374 e. The highest BCUT2D eigenvalue weighted by Gasteiger charge is 2.16. The number of nitrogens with two attached hydrogens (primary N) is 1.